The number of nitrogens with one attached hydrogen (secondary N) is 1. The van der Waals surface area contributed by atoms with Crippen molar-refractivity contribution in [3.63, 3.8) is 0 Å². The Morgan fingerprint density at radius 1 is 1.36 bits per heavy atom. The molecule has 1 heterocycles. The van der Waals surface area contributed by atoms with Gasteiger partial charge in [-0.3, -0.25) is 0 Å². The zero-order chi connectivity index (χ0) is 8.10. The Morgan fingerprint density at radius 3 is 2.45 bits per heavy atom. The first-order chi connectivity index (χ1) is 5.36. The van der Waals surface area contributed by atoms with Gasteiger partial charge in [-0.2, -0.15) is 0 Å². The SMILES string of the molecule is CC#Cc1cnc(NC)nc1. The fourth-order valence-corrected chi connectivity index (χ4v) is 0.666. The van der Waals surface area contributed by atoms with Gasteiger partial charge in [0.05, 0.1) is 5.56 Å². The van der Waals surface area contributed by atoms with Crippen LogP contribution < -0.4 is 5.32 Å². The van der Waals surface area contributed by atoms with Crippen LogP contribution in [-0.2, 0) is 0 Å². The van der Waals surface area contributed by atoms with Crippen molar-refractivity contribution in [2.75, 3.05) is 12.4 Å². The predicted octanol–water partition coefficient (Wildman–Crippen LogP) is 0.890. The summed E-state index contributed by atoms with van der Waals surface area (Å²) in [4.78, 5) is 7.98. The van der Waals surface area contributed by atoms with Crippen LogP contribution in [0.2, 0.25) is 0 Å². The fourth-order valence-electron chi connectivity index (χ4n) is 0.666. The second-order valence-corrected chi connectivity index (χ2v) is 1.92. The first-order valence-electron chi connectivity index (χ1n) is 3.29. The minimum atomic E-state index is 0.617. The van der Waals surface area contributed by atoms with Crippen molar-refractivity contribution in [2.45, 2.75) is 6.92 Å². The molecule has 3 heteroatoms. The lowest BCUT2D eigenvalue weighted by atomic mass is 10.3. The van der Waals surface area contributed by atoms with Crippen molar-refractivity contribution in [3.8, 4) is 11.8 Å². The number of hydrogen-bond donors (Lipinski definition) is 1. The van der Waals surface area contributed by atoms with Gasteiger partial charge in [0, 0.05) is 19.4 Å². The Morgan fingerprint density at radius 2 is 2.00 bits per heavy atom. The van der Waals surface area contributed by atoms with E-state index in [-0.39, 0.29) is 0 Å². The van der Waals surface area contributed by atoms with Gasteiger partial charge in [-0.05, 0) is 6.92 Å². The standard InChI is InChI=1S/C8H9N3/c1-3-4-7-5-10-8(9-2)11-6-7/h5-6H,1-2H3,(H,9,10,11). The van der Waals surface area contributed by atoms with Crippen LogP contribution in [0.15, 0.2) is 12.4 Å². The predicted molar refractivity (Wildman–Crippen MR) is 44.1 cm³/mol. The third-order valence-corrected chi connectivity index (χ3v) is 1.14. The number of anilines is 1. The maximum absolute atomic E-state index is 3.99. The highest BCUT2D eigenvalue weighted by Gasteiger charge is 1.89. The topological polar surface area (TPSA) is 37.8 Å². The average Bonchev–Trinajstić information content (AvgIpc) is 2.07. The molecule has 0 aromatic carbocycles. The molecule has 1 aromatic rings. The molecule has 0 aliphatic rings. The smallest absolute Gasteiger partial charge is 0.222 e. The highest BCUT2D eigenvalue weighted by Crippen LogP contribution is 1.96. The Balaban J connectivity index is 2.88. The van der Waals surface area contributed by atoms with Crippen LogP contribution in [0.4, 0.5) is 5.95 Å². The maximum atomic E-state index is 3.99. The van der Waals surface area contributed by atoms with Gasteiger partial charge in [0.25, 0.3) is 0 Å². The highest BCUT2D eigenvalue weighted by molar-refractivity contribution is 5.32. The van der Waals surface area contributed by atoms with Crippen LogP contribution >= 0.6 is 0 Å². The molecule has 0 radical (unpaired) electrons. The first-order valence-corrected chi connectivity index (χ1v) is 3.29. The lowest BCUT2D eigenvalue weighted by molar-refractivity contribution is 1.14. The normalized spacial score (nSPS) is 8.18. The third kappa shape index (κ3) is 1.94. The third-order valence-electron chi connectivity index (χ3n) is 1.14. The van der Waals surface area contributed by atoms with Gasteiger partial charge >= 0.3 is 0 Å². The van der Waals surface area contributed by atoms with E-state index in [1.165, 1.54) is 0 Å². The summed E-state index contributed by atoms with van der Waals surface area (Å²) in [6.07, 6.45) is 3.38. The van der Waals surface area contributed by atoms with Gasteiger partial charge < -0.3 is 5.32 Å². The van der Waals surface area contributed by atoms with Gasteiger partial charge in [0.1, 0.15) is 0 Å². The molecular formula is C8H9N3. The molecule has 3 nitrogen and oxygen atoms in total. The fraction of sp³-hybridized carbons (Fsp3) is 0.250. The maximum Gasteiger partial charge on any atom is 0.222 e. The molecule has 0 bridgehead atoms. The van der Waals surface area contributed by atoms with Gasteiger partial charge in [0.15, 0.2) is 0 Å². The Kier molecular flexibility index (Phi) is 2.45. The van der Waals surface area contributed by atoms with Crippen molar-refractivity contribution in [1.82, 2.24) is 9.97 Å². The van der Waals surface area contributed by atoms with Crippen molar-refractivity contribution in [3.05, 3.63) is 18.0 Å². The number of rotatable bonds is 1. The summed E-state index contributed by atoms with van der Waals surface area (Å²) in [6.45, 7) is 1.78. The second-order valence-electron chi connectivity index (χ2n) is 1.92. The molecule has 0 aliphatic carbocycles. The molecule has 0 aliphatic heterocycles. The number of nitrogens with zero attached hydrogens (tertiary/aromatic N) is 2. The van der Waals surface area contributed by atoms with Crippen molar-refractivity contribution in [2.24, 2.45) is 0 Å². The van der Waals surface area contributed by atoms with Crippen LogP contribution in [0.1, 0.15) is 12.5 Å². The Labute approximate surface area is 65.9 Å². The van der Waals surface area contributed by atoms with E-state index in [4.69, 9.17) is 0 Å². The molecule has 56 valence electrons. The highest BCUT2D eigenvalue weighted by atomic mass is 15.1. The molecular weight excluding hydrogens is 138 g/mol. The molecule has 0 amide bonds. The molecule has 1 aromatic heterocycles. The Hall–Kier alpha value is -1.56. The lowest BCUT2D eigenvalue weighted by Gasteiger charge is -1.94. The molecule has 1 N–H and O–H groups in total. The largest absolute Gasteiger partial charge is 0.357 e. The lowest BCUT2D eigenvalue weighted by Crippen LogP contribution is -1.95. The van der Waals surface area contributed by atoms with E-state index in [0.717, 1.165) is 5.56 Å². The van der Waals surface area contributed by atoms with E-state index in [1.807, 2.05) is 0 Å². The molecule has 11 heavy (non-hydrogen) atoms. The minimum Gasteiger partial charge on any atom is -0.357 e. The van der Waals surface area contributed by atoms with E-state index in [2.05, 4.69) is 27.1 Å². The molecule has 0 saturated carbocycles. The van der Waals surface area contributed by atoms with Gasteiger partial charge in [-0.15, -0.1) is 5.92 Å². The van der Waals surface area contributed by atoms with Crippen LogP contribution in [0.5, 0.6) is 0 Å². The molecule has 0 saturated heterocycles. The van der Waals surface area contributed by atoms with E-state index >= 15 is 0 Å². The quantitative estimate of drug-likeness (QED) is 0.599. The molecule has 0 spiro atoms. The summed E-state index contributed by atoms with van der Waals surface area (Å²) in [5, 5.41) is 2.83. The Bertz CT molecular complexity index is 278. The van der Waals surface area contributed by atoms with Gasteiger partial charge in [-0.1, -0.05) is 5.92 Å². The van der Waals surface area contributed by atoms with Crippen LogP contribution in [0.3, 0.4) is 0 Å². The summed E-state index contributed by atoms with van der Waals surface area (Å²) in [6, 6.07) is 0. The number of hydrogen-bond acceptors (Lipinski definition) is 3. The molecule has 0 atom stereocenters. The summed E-state index contributed by atoms with van der Waals surface area (Å²) < 4.78 is 0. The summed E-state index contributed by atoms with van der Waals surface area (Å²) in [5.74, 6) is 6.24. The van der Waals surface area contributed by atoms with Crippen molar-refractivity contribution < 1.29 is 0 Å². The van der Waals surface area contributed by atoms with E-state index in [1.54, 1.807) is 26.4 Å². The van der Waals surface area contributed by atoms with Gasteiger partial charge in [-0.25, -0.2) is 9.97 Å². The summed E-state index contributed by atoms with van der Waals surface area (Å²) in [5.41, 5.74) is 0.839. The summed E-state index contributed by atoms with van der Waals surface area (Å²) in [7, 11) is 1.78. The van der Waals surface area contributed by atoms with Crippen LogP contribution in [-0.4, -0.2) is 17.0 Å². The summed E-state index contributed by atoms with van der Waals surface area (Å²) >= 11 is 0. The monoisotopic (exact) mass is 147 g/mol. The van der Waals surface area contributed by atoms with Gasteiger partial charge in [0.2, 0.25) is 5.95 Å². The van der Waals surface area contributed by atoms with E-state index < -0.39 is 0 Å². The molecule has 0 fully saturated rings. The minimum absolute atomic E-state index is 0.617. The zero-order valence-electron chi connectivity index (χ0n) is 6.55. The van der Waals surface area contributed by atoms with Crippen LogP contribution in [0, 0.1) is 11.8 Å². The van der Waals surface area contributed by atoms with E-state index in [9.17, 15) is 0 Å². The second kappa shape index (κ2) is 3.57. The first kappa shape index (κ1) is 7.55. The van der Waals surface area contributed by atoms with Crippen molar-refractivity contribution in [1.29, 1.82) is 0 Å². The van der Waals surface area contributed by atoms with Crippen LogP contribution in [0.25, 0.3) is 0 Å². The molecule has 1 rings (SSSR count). The molecule has 0 unspecified atom stereocenters. The average molecular weight is 147 g/mol. The van der Waals surface area contributed by atoms with E-state index in [0.29, 0.717) is 5.95 Å². The zero-order valence-corrected chi connectivity index (χ0v) is 6.55. The van der Waals surface area contributed by atoms with Crippen molar-refractivity contribution >= 4 is 5.95 Å². The number of aromatic nitrogens is 2.